The Morgan fingerprint density at radius 1 is 0.776 bits per heavy atom. The molecule has 1 aliphatic heterocycles. The molecule has 1 heterocycles. The van der Waals surface area contributed by atoms with Crippen molar-refractivity contribution < 1.29 is 23.9 Å². The second-order valence-corrected chi connectivity index (χ2v) is 12.6. The third kappa shape index (κ3) is 7.95. The van der Waals surface area contributed by atoms with Gasteiger partial charge in [0.1, 0.15) is 6.10 Å². The Hall–Kier alpha value is -5.15. The minimum absolute atomic E-state index is 0.0657. The number of para-hydroxylation sites is 1. The fourth-order valence-corrected chi connectivity index (χ4v) is 6.96. The summed E-state index contributed by atoms with van der Waals surface area (Å²) in [6, 6.07) is 33.8. The van der Waals surface area contributed by atoms with Gasteiger partial charge in [-0.15, -0.1) is 0 Å². The maximum Gasteiger partial charge on any atom is 0.411 e. The number of carbonyl (C=O) groups excluding carboxylic acids is 3. The second-order valence-electron chi connectivity index (χ2n) is 12.6. The van der Waals surface area contributed by atoms with E-state index < -0.39 is 6.09 Å². The lowest BCUT2D eigenvalue weighted by Crippen LogP contribution is -2.41. The maximum absolute atomic E-state index is 13.1. The van der Waals surface area contributed by atoms with Gasteiger partial charge in [0, 0.05) is 51.8 Å². The average Bonchev–Trinajstić information content (AvgIpc) is 3.47. The van der Waals surface area contributed by atoms with Crippen molar-refractivity contribution >= 4 is 23.8 Å². The van der Waals surface area contributed by atoms with Gasteiger partial charge in [0.25, 0.3) is 0 Å². The van der Waals surface area contributed by atoms with E-state index in [4.69, 9.17) is 9.47 Å². The van der Waals surface area contributed by atoms with Crippen LogP contribution in [0, 0.1) is 0 Å². The molecule has 0 saturated carbocycles. The molecule has 254 valence electrons. The van der Waals surface area contributed by atoms with Gasteiger partial charge in [-0.05, 0) is 53.1 Å². The highest BCUT2D eigenvalue weighted by molar-refractivity contribution is 5.91. The van der Waals surface area contributed by atoms with Crippen LogP contribution in [0.1, 0.15) is 42.9 Å². The monoisotopic (exact) mass is 660 g/mol. The molecule has 0 unspecified atom stereocenters. The minimum atomic E-state index is -0.453. The molecular formula is C40H44N4O5. The highest BCUT2D eigenvalue weighted by Crippen LogP contribution is 2.46. The van der Waals surface area contributed by atoms with Gasteiger partial charge in [-0.1, -0.05) is 97.1 Å². The Kier molecular flexibility index (Phi) is 10.9. The third-order valence-electron chi connectivity index (χ3n) is 9.54. The summed E-state index contributed by atoms with van der Waals surface area (Å²) in [5.74, 6) is 0.0657. The van der Waals surface area contributed by atoms with Crippen LogP contribution in [0.3, 0.4) is 0 Å². The highest BCUT2D eigenvalue weighted by Gasteiger charge is 2.35. The first-order chi connectivity index (χ1) is 23.9. The number of benzene rings is 4. The molecule has 1 N–H and O–H groups in total. The van der Waals surface area contributed by atoms with Gasteiger partial charge in [-0.25, -0.2) is 9.59 Å². The number of rotatable bonds is 11. The molecule has 1 aliphatic carbocycles. The van der Waals surface area contributed by atoms with E-state index in [1.165, 1.54) is 7.11 Å². The number of carbonyl (C=O) groups is 3. The first-order valence-corrected chi connectivity index (χ1v) is 17.0. The summed E-state index contributed by atoms with van der Waals surface area (Å²) >= 11 is 0. The van der Waals surface area contributed by atoms with E-state index in [0.717, 1.165) is 46.5 Å². The minimum Gasteiger partial charge on any atom is -0.453 e. The number of hydrogen-bond acceptors (Lipinski definition) is 6. The molecule has 9 nitrogen and oxygen atoms in total. The van der Waals surface area contributed by atoms with E-state index in [0.29, 0.717) is 51.0 Å². The number of fused-ring (bicyclic) bond motifs is 3. The topological polar surface area (TPSA) is 91.4 Å². The van der Waals surface area contributed by atoms with Gasteiger partial charge in [0.05, 0.1) is 18.8 Å². The molecule has 6 rings (SSSR count). The van der Waals surface area contributed by atoms with Gasteiger partial charge in [0.15, 0.2) is 0 Å². The van der Waals surface area contributed by atoms with Crippen LogP contribution in [0.5, 0.6) is 0 Å². The first-order valence-electron chi connectivity index (χ1n) is 17.0. The fourth-order valence-electron chi connectivity index (χ4n) is 6.96. The maximum atomic E-state index is 13.1. The molecular weight excluding hydrogens is 616 g/mol. The zero-order chi connectivity index (χ0) is 34.2. The van der Waals surface area contributed by atoms with Crippen LogP contribution in [-0.2, 0) is 14.3 Å². The van der Waals surface area contributed by atoms with Crippen molar-refractivity contribution in [2.24, 2.45) is 0 Å². The van der Waals surface area contributed by atoms with Crippen molar-refractivity contribution in [2.45, 2.75) is 37.8 Å². The lowest BCUT2D eigenvalue weighted by molar-refractivity contribution is -0.130. The smallest absolute Gasteiger partial charge is 0.411 e. The van der Waals surface area contributed by atoms with Gasteiger partial charge in [-0.3, -0.25) is 15.0 Å². The second kappa shape index (κ2) is 15.8. The number of amides is 3. The molecule has 0 bridgehead atoms. The number of piperidine rings is 1. The summed E-state index contributed by atoms with van der Waals surface area (Å²) in [7, 11) is 3.23. The van der Waals surface area contributed by atoms with Crippen LogP contribution in [0.4, 0.5) is 15.3 Å². The van der Waals surface area contributed by atoms with Crippen LogP contribution >= 0.6 is 0 Å². The molecule has 49 heavy (non-hydrogen) atoms. The molecule has 4 aromatic carbocycles. The Morgan fingerprint density at radius 2 is 1.37 bits per heavy atom. The predicted molar refractivity (Wildman–Crippen MR) is 191 cm³/mol. The molecule has 1 saturated heterocycles. The lowest BCUT2D eigenvalue weighted by Gasteiger charge is -2.32. The number of ether oxygens (including phenoxy) is 2. The molecule has 4 aromatic rings. The van der Waals surface area contributed by atoms with Crippen LogP contribution in [0.2, 0.25) is 0 Å². The average molecular weight is 661 g/mol. The molecule has 0 atom stereocenters. The fraction of sp³-hybridized carbons (Fsp3) is 0.325. The van der Waals surface area contributed by atoms with Crippen molar-refractivity contribution in [2.75, 3.05) is 52.2 Å². The number of nitrogens with zero attached hydrogens (tertiary/aromatic N) is 3. The van der Waals surface area contributed by atoms with Crippen molar-refractivity contribution in [3.8, 4) is 22.3 Å². The summed E-state index contributed by atoms with van der Waals surface area (Å²) in [5.41, 5.74) is 7.11. The van der Waals surface area contributed by atoms with E-state index in [9.17, 15) is 14.4 Å². The summed E-state index contributed by atoms with van der Waals surface area (Å²) in [6.45, 7) is 3.15. The first kappa shape index (κ1) is 33.7. The van der Waals surface area contributed by atoms with Gasteiger partial charge >= 0.3 is 12.2 Å². The lowest BCUT2D eigenvalue weighted by atomic mass is 10.0. The summed E-state index contributed by atoms with van der Waals surface area (Å²) in [4.78, 5) is 44.6. The van der Waals surface area contributed by atoms with E-state index in [1.807, 2.05) is 85.9 Å². The number of methoxy groups -OCH3 is 1. The molecule has 1 fully saturated rings. The van der Waals surface area contributed by atoms with Gasteiger partial charge in [0.2, 0.25) is 5.91 Å². The zero-order valence-corrected chi connectivity index (χ0v) is 28.2. The van der Waals surface area contributed by atoms with Crippen molar-refractivity contribution in [1.29, 1.82) is 0 Å². The Bertz CT molecular complexity index is 1710. The molecule has 0 aromatic heterocycles. The quantitative estimate of drug-likeness (QED) is 0.180. The van der Waals surface area contributed by atoms with Crippen LogP contribution in [-0.4, -0.2) is 85.8 Å². The van der Waals surface area contributed by atoms with E-state index in [-0.39, 0.29) is 24.1 Å². The largest absolute Gasteiger partial charge is 0.453 e. The van der Waals surface area contributed by atoms with Gasteiger partial charge < -0.3 is 19.3 Å². The van der Waals surface area contributed by atoms with Crippen molar-refractivity contribution in [1.82, 2.24) is 14.7 Å². The molecule has 2 aliphatic rings. The Labute approximate surface area is 288 Å². The van der Waals surface area contributed by atoms with Crippen LogP contribution < -0.4 is 5.32 Å². The van der Waals surface area contributed by atoms with Crippen molar-refractivity contribution in [3.63, 3.8) is 0 Å². The van der Waals surface area contributed by atoms with E-state index >= 15 is 0 Å². The SMILES string of the molecule is COC(=O)N(CCCN(C)C(=O)CCN1CCC(OC(=O)Nc2ccccc2-c2ccccc2)CC1)C1c2ccccc2-c2ccccc21. The number of likely N-dealkylation sites (tertiary alicyclic amines) is 1. The number of anilines is 1. The van der Waals surface area contributed by atoms with Crippen LogP contribution in [0.25, 0.3) is 22.3 Å². The highest BCUT2D eigenvalue weighted by atomic mass is 16.6. The summed E-state index contributed by atoms with van der Waals surface area (Å²) in [5, 5.41) is 2.92. The molecule has 3 amide bonds. The Balaban J connectivity index is 0.937. The predicted octanol–water partition coefficient (Wildman–Crippen LogP) is 7.44. The summed E-state index contributed by atoms with van der Waals surface area (Å²) in [6.07, 6.45) is 1.46. The van der Waals surface area contributed by atoms with Crippen LogP contribution in [0.15, 0.2) is 103 Å². The van der Waals surface area contributed by atoms with E-state index in [2.05, 4.69) is 34.5 Å². The van der Waals surface area contributed by atoms with Gasteiger partial charge in [-0.2, -0.15) is 0 Å². The Morgan fingerprint density at radius 3 is 2.02 bits per heavy atom. The standard InChI is InChI=1S/C40H44N4O5/c1-42(24-12-25-44(40(47)48-2)38-34-18-8-6-16-32(34)33-17-7-9-19-35(33)38)37(45)23-28-43-26-21-30(22-27-43)49-39(46)41-36-20-11-10-15-31(36)29-13-4-3-5-14-29/h3-11,13-20,30,38H,12,21-28H2,1-2H3,(H,41,46). The molecule has 0 radical (unpaired) electrons. The zero-order valence-electron chi connectivity index (χ0n) is 28.2. The third-order valence-corrected chi connectivity index (χ3v) is 9.54. The molecule has 9 heteroatoms. The number of hydrogen-bond donors (Lipinski definition) is 1. The van der Waals surface area contributed by atoms with E-state index in [1.54, 1.807) is 9.80 Å². The number of nitrogens with one attached hydrogen (secondary N) is 1. The van der Waals surface area contributed by atoms with Crippen molar-refractivity contribution in [3.05, 3.63) is 114 Å². The molecule has 0 spiro atoms. The normalized spacial score (nSPS) is 14.4. The summed E-state index contributed by atoms with van der Waals surface area (Å²) < 4.78 is 11.0.